The van der Waals surface area contributed by atoms with Crippen LogP contribution in [0.5, 0.6) is 0 Å². The third kappa shape index (κ3) is 1.73. The first-order valence-corrected chi connectivity index (χ1v) is 6.48. The molecule has 21 heavy (non-hydrogen) atoms. The number of furan rings is 1. The summed E-state index contributed by atoms with van der Waals surface area (Å²) in [5, 5.41) is 1.44. The molecule has 1 aliphatic heterocycles. The Hall–Kier alpha value is -3.01. The van der Waals surface area contributed by atoms with Crippen LogP contribution in [0.25, 0.3) is 28.2 Å². The van der Waals surface area contributed by atoms with Gasteiger partial charge in [0.05, 0.1) is 5.39 Å². The topological polar surface area (TPSA) is 60.2 Å². The number of nitrogens with zero attached hydrogens (tertiary/aromatic N) is 1. The van der Waals surface area contributed by atoms with Crippen LogP contribution in [-0.2, 0) is 0 Å². The van der Waals surface area contributed by atoms with Crippen molar-refractivity contribution in [3.63, 3.8) is 0 Å². The molecular formula is C17H9NO3. The standard InChI is InChI=1S/C17H9NO3/c19-16-11(7-10-3-2-6-18-9-10)8-14-15-12(16)4-1-5-13(15)17(20)21-14/h1-9H/b11-7+. The van der Waals surface area contributed by atoms with Gasteiger partial charge < -0.3 is 4.42 Å². The summed E-state index contributed by atoms with van der Waals surface area (Å²) in [5.74, 6) is 0.445. The van der Waals surface area contributed by atoms with Crippen LogP contribution >= 0.6 is 0 Å². The van der Waals surface area contributed by atoms with Crippen molar-refractivity contribution in [3.05, 3.63) is 80.2 Å². The summed E-state index contributed by atoms with van der Waals surface area (Å²) in [5.41, 5.74) is 0.906. The molecule has 0 saturated heterocycles. The molecule has 0 spiro atoms. The number of rotatable bonds is 1. The van der Waals surface area contributed by atoms with Crippen molar-refractivity contribution in [3.8, 4) is 11.3 Å². The van der Waals surface area contributed by atoms with E-state index < -0.39 is 5.63 Å². The number of hydrogen-bond acceptors (Lipinski definition) is 4. The third-order valence-corrected chi connectivity index (χ3v) is 3.53. The fourth-order valence-electron chi connectivity index (χ4n) is 2.60. The normalized spacial score (nSPS) is 12.5. The van der Waals surface area contributed by atoms with Gasteiger partial charge in [-0.1, -0.05) is 18.2 Å². The van der Waals surface area contributed by atoms with Crippen molar-refractivity contribution in [2.75, 3.05) is 0 Å². The van der Waals surface area contributed by atoms with Gasteiger partial charge in [-0.05, 0) is 29.8 Å². The lowest BCUT2D eigenvalue weighted by molar-refractivity contribution is 0.548. The highest BCUT2D eigenvalue weighted by Gasteiger charge is 2.19. The molecule has 0 radical (unpaired) electrons. The number of benzene rings is 2. The van der Waals surface area contributed by atoms with Crippen molar-refractivity contribution < 1.29 is 4.42 Å². The second kappa shape index (κ2) is 4.24. The largest absolute Gasteiger partial charge is 0.422 e. The lowest BCUT2D eigenvalue weighted by atomic mass is 10.0. The minimum Gasteiger partial charge on any atom is -0.422 e. The molecule has 1 aliphatic carbocycles. The minimum absolute atomic E-state index is 0.113. The van der Waals surface area contributed by atoms with Crippen molar-refractivity contribution in [1.82, 2.24) is 4.98 Å². The van der Waals surface area contributed by atoms with E-state index in [0.29, 0.717) is 27.3 Å². The van der Waals surface area contributed by atoms with Crippen LogP contribution in [0.15, 0.2) is 62.8 Å². The number of aromatic nitrogens is 1. The molecule has 2 aromatic rings. The summed E-state index contributed by atoms with van der Waals surface area (Å²) in [6, 6.07) is 10.4. The van der Waals surface area contributed by atoms with Crippen LogP contribution in [0, 0.1) is 0 Å². The molecule has 4 heteroatoms. The highest BCUT2D eigenvalue weighted by molar-refractivity contribution is 5.95. The molecule has 0 saturated carbocycles. The molecule has 0 fully saturated rings. The fraction of sp³-hybridized carbons (Fsp3) is 0. The van der Waals surface area contributed by atoms with Gasteiger partial charge in [0.25, 0.3) is 0 Å². The van der Waals surface area contributed by atoms with E-state index >= 15 is 0 Å². The monoisotopic (exact) mass is 275 g/mol. The molecule has 2 aliphatic rings. The van der Waals surface area contributed by atoms with Crippen LogP contribution in [0.1, 0.15) is 5.56 Å². The lowest BCUT2D eigenvalue weighted by Gasteiger charge is -2.01. The van der Waals surface area contributed by atoms with E-state index in [1.165, 1.54) is 0 Å². The zero-order valence-corrected chi connectivity index (χ0v) is 10.9. The molecule has 1 aromatic carbocycles. The highest BCUT2D eigenvalue weighted by Crippen LogP contribution is 2.27. The molecule has 0 atom stereocenters. The maximum atomic E-state index is 12.6. The van der Waals surface area contributed by atoms with E-state index in [-0.39, 0.29) is 5.43 Å². The molecule has 1 aromatic heterocycles. The number of pyridine rings is 1. The SMILES string of the molecule is O=c1oc2c/c(=C\c3cccnc3)c(=O)c3cccc1c3-2. The summed E-state index contributed by atoms with van der Waals surface area (Å²) < 4.78 is 5.24. The Bertz CT molecular complexity index is 1070. The molecule has 4 nitrogen and oxygen atoms in total. The molecule has 0 N–H and O–H groups in total. The lowest BCUT2D eigenvalue weighted by Crippen LogP contribution is -2.25. The molecule has 4 rings (SSSR count). The Balaban J connectivity index is 2.16. The predicted molar refractivity (Wildman–Crippen MR) is 79.6 cm³/mol. The average molecular weight is 275 g/mol. The van der Waals surface area contributed by atoms with E-state index in [1.54, 1.807) is 48.8 Å². The maximum absolute atomic E-state index is 12.6. The zero-order chi connectivity index (χ0) is 14.4. The quantitative estimate of drug-likeness (QED) is 0.530. The van der Waals surface area contributed by atoms with E-state index in [2.05, 4.69) is 4.98 Å². The van der Waals surface area contributed by atoms with Crippen molar-refractivity contribution >= 4 is 16.8 Å². The highest BCUT2D eigenvalue weighted by atomic mass is 16.4. The molecule has 100 valence electrons. The van der Waals surface area contributed by atoms with Gasteiger partial charge in [0.2, 0.25) is 0 Å². The second-order valence-electron chi connectivity index (χ2n) is 4.84. The van der Waals surface area contributed by atoms with Gasteiger partial charge in [-0.3, -0.25) is 9.78 Å². The van der Waals surface area contributed by atoms with Gasteiger partial charge in [0, 0.05) is 28.6 Å². The van der Waals surface area contributed by atoms with Crippen LogP contribution in [0.3, 0.4) is 0 Å². The Morgan fingerprint density at radius 3 is 2.71 bits per heavy atom. The smallest absolute Gasteiger partial charge is 0.344 e. The number of hydrogen-bond donors (Lipinski definition) is 0. The van der Waals surface area contributed by atoms with Gasteiger partial charge in [-0.15, -0.1) is 0 Å². The fourth-order valence-corrected chi connectivity index (χ4v) is 2.60. The first-order chi connectivity index (χ1) is 10.2. The summed E-state index contributed by atoms with van der Waals surface area (Å²) in [7, 11) is 0. The molecular weight excluding hydrogens is 266 g/mol. The van der Waals surface area contributed by atoms with Crippen LogP contribution in [-0.4, -0.2) is 4.98 Å². The Labute approximate surface area is 118 Å². The van der Waals surface area contributed by atoms with Gasteiger partial charge in [-0.25, -0.2) is 4.79 Å². The van der Waals surface area contributed by atoms with E-state index in [0.717, 1.165) is 5.56 Å². The summed E-state index contributed by atoms with van der Waals surface area (Å²) in [6.07, 6.45) is 5.08. The van der Waals surface area contributed by atoms with Gasteiger partial charge in [0.1, 0.15) is 5.76 Å². The Kier molecular flexibility index (Phi) is 2.38. The third-order valence-electron chi connectivity index (χ3n) is 3.53. The van der Waals surface area contributed by atoms with E-state index in [4.69, 9.17) is 4.42 Å². The zero-order valence-electron chi connectivity index (χ0n) is 10.9. The molecule has 0 unspecified atom stereocenters. The van der Waals surface area contributed by atoms with Crippen molar-refractivity contribution in [1.29, 1.82) is 0 Å². The molecule has 0 bridgehead atoms. The Morgan fingerprint density at radius 1 is 1.05 bits per heavy atom. The van der Waals surface area contributed by atoms with Crippen molar-refractivity contribution in [2.45, 2.75) is 0 Å². The minimum atomic E-state index is -0.409. The second-order valence-corrected chi connectivity index (χ2v) is 4.84. The van der Waals surface area contributed by atoms with Gasteiger partial charge in [-0.2, -0.15) is 0 Å². The predicted octanol–water partition coefficient (Wildman–Crippen LogP) is 1.64. The van der Waals surface area contributed by atoms with Crippen LogP contribution < -0.4 is 16.3 Å². The van der Waals surface area contributed by atoms with Crippen molar-refractivity contribution in [2.24, 2.45) is 0 Å². The first-order valence-electron chi connectivity index (χ1n) is 6.48. The summed E-state index contributed by atoms with van der Waals surface area (Å²) in [4.78, 5) is 28.4. The van der Waals surface area contributed by atoms with E-state index in [9.17, 15) is 9.59 Å². The summed E-state index contributed by atoms with van der Waals surface area (Å²) in [6.45, 7) is 0. The van der Waals surface area contributed by atoms with Gasteiger partial charge >= 0.3 is 5.63 Å². The Morgan fingerprint density at radius 2 is 1.90 bits per heavy atom. The van der Waals surface area contributed by atoms with E-state index in [1.807, 2.05) is 6.07 Å². The maximum Gasteiger partial charge on any atom is 0.344 e. The van der Waals surface area contributed by atoms with Gasteiger partial charge in [0.15, 0.2) is 5.43 Å². The van der Waals surface area contributed by atoms with Crippen LogP contribution in [0.2, 0.25) is 0 Å². The molecule has 0 amide bonds. The first kappa shape index (κ1) is 11.8. The average Bonchev–Trinajstić information content (AvgIpc) is 2.83. The van der Waals surface area contributed by atoms with Crippen LogP contribution in [0.4, 0.5) is 0 Å². The summed E-state index contributed by atoms with van der Waals surface area (Å²) >= 11 is 0. The molecule has 2 heterocycles.